The van der Waals surface area contributed by atoms with Gasteiger partial charge in [-0.25, -0.2) is 9.59 Å². The van der Waals surface area contributed by atoms with Gasteiger partial charge >= 0.3 is 17.9 Å². The molecule has 1 heterocycles. The normalized spacial score (nSPS) is 25.8. The molecular formula is C22H22O7. The van der Waals surface area contributed by atoms with E-state index in [1.165, 1.54) is 13.8 Å². The summed E-state index contributed by atoms with van der Waals surface area (Å²) in [6, 6.07) is 16.8. The highest BCUT2D eigenvalue weighted by molar-refractivity contribution is 5.90. The van der Waals surface area contributed by atoms with Crippen molar-refractivity contribution in [2.75, 3.05) is 0 Å². The molecule has 4 atom stereocenters. The number of esters is 3. The fourth-order valence-corrected chi connectivity index (χ4v) is 3.21. The van der Waals surface area contributed by atoms with Gasteiger partial charge in [-0.1, -0.05) is 36.4 Å². The van der Waals surface area contributed by atoms with Crippen molar-refractivity contribution in [3.63, 3.8) is 0 Å². The van der Waals surface area contributed by atoms with E-state index in [9.17, 15) is 14.4 Å². The Bertz CT molecular complexity index is 881. The van der Waals surface area contributed by atoms with E-state index in [0.29, 0.717) is 11.1 Å². The maximum atomic E-state index is 12.7. The van der Waals surface area contributed by atoms with Crippen LogP contribution >= 0.6 is 0 Å². The molecule has 2 aromatic carbocycles. The number of hydrogen-bond acceptors (Lipinski definition) is 7. The molecule has 0 N–H and O–H groups in total. The number of benzene rings is 2. The zero-order chi connectivity index (χ0) is 21.0. The number of rotatable bonds is 5. The van der Waals surface area contributed by atoms with Crippen LogP contribution in [0.15, 0.2) is 60.7 Å². The van der Waals surface area contributed by atoms with E-state index in [2.05, 4.69) is 0 Å². The second-order valence-electron chi connectivity index (χ2n) is 6.91. The Labute approximate surface area is 168 Å². The third kappa shape index (κ3) is 4.46. The second-order valence-corrected chi connectivity index (χ2v) is 6.91. The van der Waals surface area contributed by atoms with Crippen LogP contribution in [0.2, 0.25) is 0 Å². The quantitative estimate of drug-likeness (QED) is 0.565. The van der Waals surface area contributed by atoms with Crippen LogP contribution in [0.1, 0.15) is 41.5 Å². The van der Waals surface area contributed by atoms with E-state index in [0.717, 1.165) is 0 Å². The average molecular weight is 398 g/mol. The highest BCUT2D eigenvalue weighted by Crippen LogP contribution is 2.38. The number of carbonyl (C=O) groups excluding carboxylic acids is 3. The Morgan fingerprint density at radius 3 is 1.90 bits per heavy atom. The first-order valence-electron chi connectivity index (χ1n) is 9.18. The van der Waals surface area contributed by atoms with Crippen molar-refractivity contribution >= 4 is 17.9 Å². The Balaban J connectivity index is 1.88. The number of ether oxygens (including phenoxy) is 4. The van der Waals surface area contributed by atoms with Crippen LogP contribution < -0.4 is 0 Å². The van der Waals surface area contributed by atoms with Gasteiger partial charge in [0.15, 0.2) is 6.10 Å². The maximum Gasteiger partial charge on any atom is 0.339 e. The molecule has 1 aliphatic heterocycles. The minimum atomic E-state index is -1.54. The minimum Gasteiger partial charge on any atom is -0.451 e. The van der Waals surface area contributed by atoms with E-state index >= 15 is 0 Å². The van der Waals surface area contributed by atoms with Crippen LogP contribution in [-0.2, 0) is 23.7 Å². The van der Waals surface area contributed by atoms with Crippen molar-refractivity contribution < 1.29 is 33.3 Å². The van der Waals surface area contributed by atoms with Crippen LogP contribution in [0.25, 0.3) is 0 Å². The molecule has 29 heavy (non-hydrogen) atoms. The van der Waals surface area contributed by atoms with E-state index in [1.807, 2.05) is 0 Å². The molecule has 1 aliphatic rings. The lowest BCUT2D eigenvalue weighted by Crippen LogP contribution is -2.52. The van der Waals surface area contributed by atoms with Crippen molar-refractivity contribution in [2.24, 2.45) is 0 Å². The molecule has 0 radical (unpaired) electrons. The molecule has 152 valence electrons. The van der Waals surface area contributed by atoms with Gasteiger partial charge in [0.2, 0.25) is 11.9 Å². The van der Waals surface area contributed by atoms with Gasteiger partial charge in [0.25, 0.3) is 0 Å². The summed E-state index contributed by atoms with van der Waals surface area (Å²) in [6.45, 7) is 4.39. The number of hydrogen-bond donors (Lipinski definition) is 0. The summed E-state index contributed by atoms with van der Waals surface area (Å²) >= 11 is 0. The van der Waals surface area contributed by atoms with Gasteiger partial charge < -0.3 is 18.9 Å². The van der Waals surface area contributed by atoms with Crippen LogP contribution in [0, 0.1) is 0 Å². The zero-order valence-corrected chi connectivity index (χ0v) is 16.4. The second kappa shape index (κ2) is 8.45. The Kier molecular flexibility index (Phi) is 5.98. The molecule has 1 unspecified atom stereocenters. The highest BCUT2D eigenvalue weighted by Gasteiger charge is 2.59. The summed E-state index contributed by atoms with van der Waals surface area (Å²) in [5, 5.41) is 0. The molecule has 1 fully saturated rings. The van der Waals surface area contributed by atoms with Crippen molar-refractivity contribution in [1.29, 1.82) is 0 Å². The van der Waals surface area contributed by atoms with Crippen LogP contribution in [0.4, 0.5) is 0 Å². The first-order chi connectivity index (χ1) is 13.8. The zero-order valence-electron chi connectivity index (χ0n) is 16.4. The first kappa shape index (κ1) is 20.5. The molecule has 0 amide bonds. The summed E-state index contributed by atoms with van der Waals surface area (Å²) in [5.74, 6) is -1.86. The molecule has 3 rings (SSSR count). The third-order valence-corrected chi connectivity index (χ3v) is 4.64. The monoisotopic (exact) mass is 398 g/mol. The third-order valence-electron chi connectivity index (χ3n) is 4.64. The molecule has 0 aliphatic carbocycles. The summed E-state index contributed by atoms with van der Waals surface area (Å²) in [7, 11) is 0. The predicted octanol–water partition coefficient (Wildman–Crippen LogP) is 3.14. The summed E-state index contributed by atoms with van der Waals surface area (Å²) in [6.07, 6.45) is -2.90. The lowest BCUT2D eigenvalue weighted by Gasteiger charge is -2.33. The van der Waals surface area contributed by atoms with Crippen molar-refractivity contribution in [3.05, 3.63) is 71.8 Å². The molecule has 7 heteroatoms. The molecule has 0 saturated carbocycles. The van der Waals surface area contributed by atoms with Crippen LogP contribution in [-0.4, -0.2) is 42.0 Å². The molecule has 7 nitrogen and oxygen atoms in total. The SMILES string of the molecule is CC(=O)OC1O[C@H](C)[C@@H](OC(=O)c2ccccc2)[C@@]1(C)OC(=O)c1ccccc1. The molecule has 2 aromatic rings. The highest BCUT2D eigenvalue weighted by atomic mass is 16.8. The van der Waals surface area contributed by atoms with Gasteiger partial charge in [0.1, 0.15) is 6.10 Å². The fourth-order valence-electron chi connectivity index (χ4n) is 3.21. The minimum absolute atomic E-state index is 0.308. The molecule has 0 bridgehead atoms. The van der Waals surface area contributed by atoms with E-state index < -0.39 is 42.0 Å². The Morgan fingerprint density at radius 1 is 0.862 bits per heavy atom. The standard InChI is InChI=1S/C22H22O7/c1-14-18(28-19(24)16-10-6-4-7-11-16)22(3,21(26-14)27-15(2)23)29-20(25)17-12-8-5-9-13-17/h4-14,18,21H,1-3H3/t14-,18-,21?,22-/m1/s1. The Morgan fingerprint density at radius 2 is 1.38 bits per heavy atom. The summed E-state index contributed by atoms with van der Waals surface area (Å²) < 4.78 is 22.2. The van der Waals surface area contributed by atoms with Gasteiger partial charge in [-0.15, -0.1) is 0 Å². The van der Waals surface area contributed by atoms with E-state index in [-0.39, 0.29) is 0 Å². The van der Waals surface area contributed by atoms with Gasteiger partial charge in [0.05, 0.1) is 11.1 Å². The smallest absolute Gasteiger partial charge is 0.339 e. The van der Waals surface area contributed by atoms with Crippen molar-refractivity contribution in [3.8, 4) is 0 Å². The Hall–Kier alpha value is -3.19. The van der Waals surface area contributed by atoms with Crippen molar-refractivity contribution in [2.45, 2.75) is 44.9 Å². The summed E-state index contributed by atoms with van der Waals surface area (Å²) in [5.41, 5.74) is -0.891. The lowest BCUT2D eigenvalue weighted by atomic mass is 9.97. The lowest BCUT2D eigenvalue weighted by molar-refractivity contribution is -0.204. The topological polar surface area (TPSA) is 88.1 Å². The van der Waals surface area contributed by atoms with Gasteiger partial charge in [-0.2, -0.15) is 0 Å². The predicted molar refractivity (Wildman–Crippen MR) is 102 cm³/mol. The molecule has 1 saturated heterocycles. The molecule has 0 spiro atoms. The largest absolute Gasteiger partial charge is 0.451 e. The maximum absolute atomic E-state index is 12.7. The van der Waals surface area contributed by atoms with Crippen LogP contribution in [0.5, 0.6) is 0 Å². The van der Waals surface area contributed by atoms with Gasteiger partial charge in [0, 0.05) is 6.92 Å². The summed E-state index contributed by atoms with van der Waals surface area (Å²) in [4.78, 5) is 36.8. The molecular weight excluding hydrogens is 376 g/mol. The average Bonchev–Trinajstić information content (AvgIpc) is 2.92. The van der Waals surface area contributed by atoms with E-state index in [4.69, 9.17) is 18.9 Å². The molecule has 0 aromatic heterocycles. The van der Waals surface area contributed by atoms with Crippen molar-refractivity contribution in [1.82, 2.24) is 0 Å². The van der Waals surface area contributed by atoms with E-state index in [1.54, 1.807) is 67.6 Å². The van der Waals surface area contributed by atoms with Crippen LogP contribution in [0.3, 0.4) is 0 Å². The fraction of sp³-hybridized carbons (Fsp3) is 0.318. The number of carbonyl (C=O) groups is 3. The first-order valence-corrected chi connectivity index (χ1v) is 9.18. The van der Waals surface area contributed by atoms with Gasteiger partial charge in [-0.3, -0.25) is 4.79 Å². The van der Waals surface area contributed by atoms with Gasteiger partial charge in [-0.05, 0) is 38.1 Å².